The lowest BCUT2D eigenvalue weighted by Crippen LogP contribution is -2.51. The van der Waals surface area contributed by atoms with Crippen molar-refractivity contribution in [3.8, 4) is 0 Å². The number of carbonyl (C=O) groups is 3. The molecule has 0 heterocycles. The van der Waals surface area contributed by atoms with E-state index < -0.39 is 36.0 Å². The van der Waals surface area contributed by atoms with Crippen molar-refractivity contribution in [2.24, 2.45) is 5.92 Å². The van der Waals surface area contributed by atoms with Crippen LogP contribution in [0.4, 0.5) is 0 Å². The molecule has 196 valence electrons. The molecule has 8 heteroatoms. The summed E-state index contributed by atoms with van der Waals surface area (Å²) in [4.78, 5) is 42.8. The normalized spacial score (nSPS) is 14.2. The summed E-state index contributed by atoms with van der Waals surface area (Å²) in [5.74, 6) is -1.80. The molecule has 8 nitrogen and oxygen atoms in total. The largest absolute Gasteiger partial charge is 0.459 e. The zero-order valence-corrected chi connectivity index (χ0v) is 21.3. The van der Waals surface area contributed by atoms with Gasteiger partial charge in [0.1, 0.15) is 18.7 Å². The van der Waals surface area contributed by atoms with Crippen LogP contribution in [0.1, 0.15) is 57.6 Å². The quantitative estimate of drug-likeness (QED) is 0.254. The summed E-state index contributed by atoms with van der Waals surface area (Å²) < 4.78 is 5.29. The number of rotatable bonds is 15. The van der Waals surface area contributed by atoms with Crippen molar-refractivity contribution in [3.63, 3.8) is 0 Å². The van der Waals surface area contributed by atoms with E-state index in [2.05, 4.69) is 17.7 Å². The number of carbonyl (C=O) groups excluding carboxylic acids is 3. The number of unbranched alkanes of at least 4 members (excludes halogenated alkanes) is 1. The third-order valence-corrected chi connectivity index (χ3v) is 5.90. The maximum Gasteiger partial charge on any atom is 0.328 e. The van der Waals surface area contributed by atoms with E-state index in [0.717, 1.165) is 30.4 Å². The van der Waals surface area contributed by atoms with E-state index in [1.807, 2.05) is 67.6 Å². The van der Waals surface area contributed by atoms with E-state index in [4.69, 9.17) is 9.57 Å². The second kappa shape index (κ2) is 15.7. The lowest BCUT2D eigenvalue weighted by atomic mass is 9.96. The molecule has 0 aliphatic carbocycles. The average Bonchev–Trinajstić information content (AvgIpc) is 2.89. The van der Waals surface area contributed by atoms with Crippen LogP contribution in [0.15, 0.2) is 60.7 Å². The van der Waals surface area contributed by atoms with Crippen molar-refractivity contribution in [2.75, 3.05) is 0 Å². The lowest BCUT2D eigenvalue weighted by molar-refractivity contribution is -0.158. The molecule has 0 spiro atoms. The Morgan fingerprint density at radius 1 is 0.944 bits per heavy atom. The second-order valence-corrected chi connectivity index (χ2v) is 9.05. The maximum atomic E-state index is 13.0. The molecule has 0 aliphatic rings. The molecule has 0 saturated heterocycles. The van der Waals surface area contributed by atoms with Crippen LogP contribution in [0.2, 0.25) is 0 Å². The van der Waals surface area contributed by atoms with Crippen molar-refractivity contribution in [1.82, 2.24) is 10.8 Å². The smallest absolute Gasteiger partial charge is 0.328 e. The van der Waals surface area contributed by atoms with E-state index in [1.165, 1.54) is 6.92 Å². The Bertz CT molecular complexity index is 938. The fourth-order valence-corrected chi connectivity index (χ4v) is 3.53. The topological polar surface area (TPSA) is 114 Å². The Morgan fingerprint density at radius 2 is 1.56 bits per heavy atom. The number of hydroxylamine groups is 1. The van der Waals surface area contributed by atoms with Gasteiger partial charge in [0, 0.05) is 0 Å². The van der Waals surface area contributed by atoms with Crippen molar-refractivity contribution in [2.45, 2.75) is 77.7 Å². The molecule has 1 amide bonds. The van der Waals surface area contributed by atoms with Crippen LogP contribution in [0.5, 0.6) is 0 Å². The van der Waals surface area contributed by atoms with Gasteiger partial charge in [0.2, 0.25) is 5.91 Å². The minimum Gasteiger partial charge on any atom is -0.459 e. The Balaban J connectivity index is 1.93. The molecular formula is C28H38N2O6. The van der Waals surface area contributed by atoms with Crippen LogP contribution >= 0.6 is 0 Å². The monoisotopic (exact) mass is 498 g/mol. The zero-order valence-electron chi connectivity index (χ0n) is 21.3. The van der Waals surface area contributed by atoms with Crippen LogP contribution in [0.25, 0.3) is 0 Å². The predicted molar refractivity (Wildman–Crippen MR) is 136 cm³/mol. The van der Waals surface area contributed by atoms with Gasteiger partial charge in [-0.1, -0.05) is 87.4 Å². The lowest BCUT2D eigenvalue weighted by Gasteiger charge is -2.21. The maximum absolute atomic E-state index is 13.0. The van der Waals surface area contributed by atoms with Gasteiger partial charge < -0.3 is 20.0 Å². The molecule has 3 N–H and O–H groups in total. The molecule has 0 aliphatic heterocycles. The van der Waals surface area contributed by atoms with Crippen LogP contribution in [-0.2, 0) is 37.0 Å². The van der Waals surface area contributed by atoms with Gasteiger partial charge in [0.25, 0.3) is 0 Å². The van der Waals surface area contributed by atoms with E-state index in [-0.39, 0.29) is 25.4 Å². The van der Waals surface area contributed by atoms with Gasteiger partial charge in [-0.05, 0) is 36.8 Å². The van der Waals surface area contributed by atoms with E-state index >= 15 is 0 Å². The molecule has 4 atom stereocenters. The third kappa shape index (κ3) is 10.6. The standard InChI is InChI=1S/C28H38N2O6/c1-4-5-12-20(2)25(31)18-26(32)36-30-24(17-22-13-8-6-9-14-22)27(33)29-21(3)28(34)35-19-23-15-10-7-11-16-23/h6-11,13-16,20-21,24-25,30-31H,4-5,12,17-19H2,1-3H3,(H,29,33)/t20-,21-,24-,25-/m0/s1. The highest BCUT2D eigenvalue weighted by Crippen LogP contribution is 2.15. The number of hydrogen-bond acceptors (Lipinski definition) is 7. The fourth-order valence-electron chi connectivity index (χ4n) is 3.53. The Morgan fingerprint density at radius 3 is 2.17 bits per heavy atom. The molecule has 0 fully saturated rings. The van der Waals surface area contributed by atoms with E-state index in [9.17, 15) is 19.5 Å². The second-order valence-electron chi connectivity index (χ2n) is 9.05. The number of benzene rings is 2. The molecule has 0 unspecified atom stereocenters. The number of ether oxygens (including phenoxy) is 1. The summed E-state index contributed by atoms with van der Waals surface area (Å²) in [6.45, 7) is 5.59. The molecule has 2 rings (SSSR count). The number of aliphatic hydroxyl groups excluding tert-OH is 1. The molecule has 0 radical (unpaired) electrons. The van der Waals surface area contributed by atoms with E-state index in [1.54, 1.807) is 0 Å². The van der Waals surface area contributed by atoms with Crippen molar-refractivity contribution >= 4 is 17.8 Å². The average molecular weight is 499 g/mol. The van der Waals surface area contributed by atoms with Gasteiger partial charge in [-0.25, -0.2) is 4.79 Å². The summed E-state index contributed by atoms with van der Waals surface area (Å²) in [6, 6.07) is 16.6. The van der Waals surface area contributed by atoms with E-state index in [0.29, 0.717) is 0 Å². The van der Waals surface area contributed by atoms with Gasteiger partial charge in [0.15, 0.2) is 0 Å². The number of esters is 1. The zero-order chi connectivity index (χ0) is 26.3. The first-order valence-electron chi connectivity index (χ1n) is 12.5. The third-order valence-electron chi connectivity index (χ3n) is 5.90. The minimum atomic E-state index is -0.949. The number of hydrogen-bond donors (Lipinski definition) is 3. The number of nitrogens with one attached hydrogen (secondary N) is 2. The van der Waals surface area contributed by atoms with Gasteiger partial charge >= 0.3 is 11.9 Å². The van der Waals surface area contributed by atoms with Gasteiger partial charge in [-0.15, -0.1) is 5.48 Å². The SMILES string of the molecule is CCCC[C@H](C)[C@@H](O)CC(=O)ON[C@@H](Cc1ccccc1)C(=O)N[C@@H](C)C(=O)OCc1ccccc1. The first-order valence-corrected chi connectivity index (χ1v) is 12.5. The van der Waals surface area contributed by atoms with Crippen molar-refractivity contribution in [1.29, 1.82) is 0 Å². The molecular weight excluding hydrogens is 460 g/mol. The summed E-state index contributed by atoms with van der Waals surface area (Å²) in [5.41, 5.74) is 4.21. The Hall–Kier alpha value is -3.23. The molecule has 0 saturated carbocycles. The molecule has 2 aromatic rings. The molecule has 36 heavy (non-hydrogen) atoms. The number of aliphatic hydroxyl groups is 1. The highest BCUT2D eigenvalue weighted by molar-refractivity contribution is 5.87. The first kappa shape index (κ1) is 29.0. The highest BCUT2D eigenvalue weighted by atomic mass is 16.7. The van der Waals surface area contributed by atoms with Crippen LogP contribution in [0, 0.1) is 5.92 Å². The molecule has 2 aromatic carbocycles. The van der Waals surface area contributed by atoms with Crippen LogP contribution < -0.4 is 10.8 Å². The highest BCUT2D eigenvalue weighted by Gasteiger charge is 2.26. The Kier molecular flexibility index (Phi) is 12.6. The van der Waals surface area contributed by atoms with Crippen LogP contribution in [0.3, 0.4) is 0 Å². The van der Waals surface area contributed by atoms with Crippen molar-refractivity contribution in [3.05, 3.63) is 71.8 Å². The van der Waals surface area contributed by atoms with Crippen molar-refractivity contribution < 1.29 is 29.1 Å². The predicted octanol–water partition coefficient (Wildman–Crippen LogP) is 3.47. The molecule has 0 aromatic heterocycles. The Labute approximate surface area is 213 Å². The fraction of sp³-hybridized carbons (Fsp3) is 0.464. The molecule has 0 bridgehead atoms. The summed E-state index contributed by atoms with van der Waals surface area (Å²) in [7, 11) is 0. The summed E-state index contributed by atoms with van der Waals surface area (Å²) >= 11 is 0. The summed E-state index contributed by atoms with van der Waals surface area (Å²) in [6.07, 6.45) is 2.01. The summed E-state index contributed by atoms with van der Waals surface area (Å²) in [5, 5.41) is 12.9. The van der Waals surface area contributed by atoms with Gasteiger partial charge in [-0.2, -0.15) is 0 Å². The van der Waals surface area contributed by atoms with Crippen LogP contribution in [-0.4, -0.2) is 41.1 Å². The van der Waals surface area contributed by atoms with Gasteiger partial charge in [-0.3, -0.25) is 9.59 Å². The first-order chi connectivity index (χ1) is 17.3. The number of amides is 1. The minimum absolute atomic E-state index is 0.0383. The van der Waals surface area contributed by atoms with Gasteiger partial charge in [0.05, 0.1) is 12.5 Å².